The molecule has 0 amide bonds. The number of aromatic nitrogens is 2. The Morgan fingerprint density at radius 3 is 2.47 bits per heavy atom. The Kier molecular flexibility index (Phi) is 3.98. The van der Waals surface area contributed by atoms with Crippen LogP contribution in [0, 0.1) is 0 Å². The van der Waals surface area contributed by atoms with Crippen molar-refractivity contribution >= 4 is 22.4 Å². The minimum atomic E-state index is 0. The first-order valence-corrected chi connectivity index (χ1v) is 5.95. The van der Waals surface area contributed by atoms with Crippen molar-refractivity contribution < 1.29 is 26.2 Å². The fourth-order valence-corrected chi connectivity index (χ4v) is 2.42. The molecule has 3 aromatic rings. The molecule has 1 N–H and O–H groups in total. The number of hydrogen-bond acceptors (Lipinski definition) is 2. The number of hydrogen-bond donors (Lipinski definition) is 1. The topological polar surface area (TPSA) is 38.0 Å². The van der Waals surface area contributed by atoms with E-state index in [4.69, 9.17) is 11.6 Å². The summed E-state index contributed by atoms with van der Waals surface area (Å²) in [4.78, 5) is 0. The minimum Gasteiger partial charge on any atom is -0.507 e. The number of phenols is 1. The van der Waals surface area contributed by atoms with Crippen LogP contribution in [0.1, 0.15) is 0 Å². The van der Waals surface area contributed by atoms with E-state index in [0.717, 1.165) is 16.5 Å². The molecular weight excluding hydrogens is 443 g/mol. The van der Waals surface area contributed by atoms with Crippen LogP contribution in [-0.2, 0) is 28.1 Å². The van der Waals surface area contributed by atoms with Crippen molar-refractivity contribution in [2.24, 2.45) is 7.05 Å². The molecule has 0 atom stereocenters. The first-order valence-electron chi connectivity index (χ1n) is 5.57. The molecule has 19 heavy (non-hydrogen) atoms. The zero-order valence-electron chi connectivity index (χ0n) is 10.1. The number of aryl methyl sites for hydroxylation is 1. The average Bonchev–Trinajstić information content (AvgIpc) is 2.80. The van der Waals surface area contributed by atoms with Crippen molar-refractivity contribution in [2.45, 2.75) is 0 Å². The van der Waals surface area contributed by atoms with E-state index in [1.54, 1.807) is 16.9 Å². The van der Waals surface area contributed by atoms with Crippen molar-refractivity contribution in [3.63, 3.8) is 0 Å². The number of aromatic hydroxyl groups is 1. The van der Waals surface area contributed by atoms with E-state index in [2.05, 4.69) is 5.10 Å². The molecule has 0 unspecified atom stereocenters. The van der Waals surface area contributed by atoms with Crippen LogP contribution in [0.25, 0.3) is 22.0 Å². The van der Waals surface area contributed by atoms with Gasteiger partial charge in [0.25, 0.3) is 0 Å². The van der Waals surface area contributed by atoms with Crippen molar-refractivity contribution in [1.82, 2.24) is 9.78 Å². The number of halogens is 1. The SMILES string of the molecule is Cn1nccc1-c1cc(Cl)c2ccccc2c1O.[Pt]. The fraction of sp³-hybridized carbons (Fsp3) is 0.0714. The molecule has 100 valence electrons. The maximum Gasteiger partial charge on any atom is 0.132 e. The molecule has 3 rings (SSSR count). The maximum absolute atomic E-state index is 10.4. The Morgan fingerprint density at radius 2 is 1.84 bits per heavy atom. The minimum absolute atomic E-state index is 0. The third-order valence-electron chi connectivity index (χ3n) is 3.06. The van der Waals surface area contributed by atoms with Crippen molar-refractivity contribution in [2.75, 3.05) is 0 Å². The molecule has 0 bridgehead atoms. The predicted molar refractivity (Wildman–Crippen MR) is 72.8 cm³/mol. The number of benzene rings is 2. The van der Waals surface area contributed by atoms with E-state index in [1.165, 1.54) is 0 Å². The molecule has 0 spiro atoms. The third-order valence-corrected chi connectivity index (χ3v) is 3.38. The zero-order valence-corrected chi connectivity index (χ0v) is 13.1. The Labute approximate surface area is 130 Å². The number of nitrogens with zero attached hydrogens (tertiary/aromatic N) is 2. The van der Waals surface area contributed by atoms with Crippen LogP contribution in [-0.4, -0.2) is 14.9 Å². The van der Waals surface area contributed by atoms with E-state index in [9.17, 15) is 5.11 Å². The summed E-state index contributed by atoms with van der Waals surface area (Å²) in [6.07, 6.45) is 1.69. The molecule has 0 aliphatic carbocycles. The summed E-state index contributed by atoms with van der Waals surface area (Å²) >= 11 is 6.26. The van der Waals surface area contributed by atoms with Gasteiger partial charge >= 0.3 is 0 Å². The summed E-state index contributed by atoms with van der Waals surface area (Å²) in [5.74, 6) is 0.235. The van der Waals surface area contributed by atoms with Gasteiger partial charge in [-0.1, -0.05) is 35.9 Å². The van der Waals surface area contributed by atoms with Gasteiger partial charge in [0, 0.05) is 55.7 Å². The summed E-state index contributed by atoms with van der Waals surface area (Å²) in [7, 11) is 1.83. The summed E-state index contributed by atoms with van der Waals surface area (Å²) in [5.41, 5.74) is 1.53. The van der Waals surface area contributed by atoms with Crippen LogP contribution in [0.3, 0.4) is 0 Å². The zero-order chi connectivity index (χ0) is 12.7. The van der Waals surface area contributed by atoms with Crippen LogP contribution < -0.4 is 0 Å². The summed E-state index contributed by atoms with van der Waals surface area (Å²) in [6.45, 7) is 0. The first kappa shape index (κ1) is 14.1. The number of fused-ring (bicyclic) bond motifs is 1. The molecule has 0 radical (unpaired) electrons. The standard InChI is InChI=1S/C14H11ClN2O.Pt/c1-17-13(6-7-16-17)11-8-12(15)9-4-2-3-5-10(9)14(11)18;/h2-8,18H,1H3;. The van der Waals surface area contributed by atoms with Crippen molar-refractivity contribution in [1.29, 1.82) is 0 Å². The van der Waals surface area contributed by atoms with Gasteiger partial charge in [0.15, 0.2) is 0 Å². The van der Waals surface area contributed by atoms with Gasteiger partial charge < -0.3 is 5.11 Å². The largest absolute Gasteiger partial charge is 0.507 e. The smallest absolute Gasteiger partial charge is 0.132 e. The van der Waals surface area contributed by atoms with Crippen LogP contribution in [0.5, 0.6) is 5.75 Å². The molecule has 1 aromatic heterocycles. The van der Waals surface area contributed by atoms with Crippen LogP contribution in [0.15, 0.2) is 42.6 Å². The second-order valence-corrected chi connectivity index (χ2v) is 4.55. The molecular formula is C14H11ClN2OPt. The van der Waals surface area contributed by atoms with E-state index in [1.807, 2.05) is 37.4 Å². The van der Waals surface area contributed by atoms with Crippen LogP contribution in [0.4, 0.5) is 0 Å². The molecule has 1 heterocycles. The Morgan fingerprint density at radius 1 is 1.16 bits per heavy atom. The number of rotatable bonds is 1. The summed E-state index contributed by atoms with van der Waals surface area (Å²) in [5, 5.41) is 16.7. The van der Waals surface area contributed by atoms with Gasteiger partial charge in [-0.15, -0.1) is 0 Å². The Balaban J connectivity index is 0.00000133. The summed E-state index contributed by atoms with van der Waals surface area (Å²) < 4.78 is 1.71. The predicted octanol–water partition coefficient (Wildman–Crippen LogP) is 3.60. The summed E-state index contributed by atoms with van der Waals surface area (Å²) in [6, 6.07) is 11.2. The molecule has 0 fully saturated rings. The monoisotopic (exact) mass is 453 g/mol. The first-order chi connectivity index (χ1) is 8.68. The normalized spacial score (nSPS) is 10.4. The molecule has 0 saturated carbocycles. The fourth-order valence-electron chi connectivity index (χ4n) is 2.15. The molecule has 5 heteroatoms. The third kappa shape index (κ3) is 2.29. The molecule has 0 saturated heterocycles. The van der Waals surface area contributed by atoms with Gasteiger partial charge in [-0.25, -0.2) is 0 Å². The Bertz CT molecular complexity index is 739. The average molecular weight is 454 g/mol. The van der Waals surface area contributed by atoms with Gasteiger partial charge in [0.05, 0.1) is 5.69 Å². The van der Waals surface area contributed by atoms with E-state index in [0.29, 0.717) is 10.6 Å². The van der Waals surface area contributed by atoms with E-state index in [-0.39, 0.29) is 26.8 Å². The number of phenolic OH excluding ortho intramolecular Hbond substituents is 1. The maximum atomic E-state index is 10.4. The van der Waals surface area contributed by atoms with Crippen LogP contribution in [0.2, 0.25) is 5.02 Å². The van der Waals surface area contributed by atoms with Crippen LogP contribution >= 0.6 is 11.6 Å². The van der Waals surface area contributed by atoms with Gasteiger partial charge in [-0.05, 0) is 12.1 Å². The second kappa shape index (κ2) is 5.36. The van der Waals surface area contributed by atoms with Gasteiger partial charge in [-0.2, -0.15) is 5.10 Å². The van der Waals surface area contributed by atoms with E-state index >= 15 is 0 Å². The molecule has 2 aromatic carbocycles. The van der Waals surface area contributed by atoms with E-state index < -0.39 is 0 Å². The quantitative estimate of drug-likeness (QED) is 0.611. The van der Waals surface area contributed by atoms with Gasteiger partial charge in [0.1, 0.15) is 5.75 Å². The Hall–Kier alpha value is -1.31. The van der Waals surface area contributed by atoms with Gasteiger partial charge in [-0.3, -0.25) is 4.68 Å². The molecule has 0 aliphatic heterocycles. The molecule has 0 aliphatic rings. The molecule has 3 nitrogen and oxygen atoms in total. The second-order valence-electron chi connectivity index (χ2n) is 4.14. The van der Waals surface area contributed by atoms with Crippen molar-refractivity contribution in [3.8, 4) is 17.0 Å². The van der Waals surface area contributed by atoms with Crippen molar-refractivity contribution in [3.05, 3.63) is 47.6 Å². The van der Waals surface area contributed by atoms with Gasteiger partial charge in [0.2, 0.25) is 0 Å².